The number of hydrogen-bond donors (Lipinski definition) is 2. The van der Waals surface area contributed by atoms with E-state index in [4.69, 9.17) is 4.74 Å². The van der Waals surface area contributed by atoms with Gasteiger partial charge in [0.15, 0.2) is 0 Å². The van der Waals surface area contributed by atoms with E-state index in [0.29, 0.717) is 29.3 Å². The van der Waals surface area contributed by atoms with Gasteiger partial charge < -0.3 is 20.1 Å². The third-order valence-electron chi connectivity index (χ3n) is 5.40. The largest absolute Gasteiger partial charge is 0.465 e. The molecule has 3 aromatic carbocycles. The van der Waals surface area contributed by atoms with Crippen molar-refractivity contribution in [3.05, 3.63) is 89.5 Å². The maximum Gasteiger partial charge on any atom is 0.412 e. The molecule has 0 atom stereocenters. The highest BCUT2D eigenvalue weighted by Gasteiger charge is 2.15. The molecule has 182 valence electrons. The third kappa shape index (κ3) is 7.17. The number of carbonyl (C=O) groups excluding carboxylic acids is 3. The zero-order valence-corrected chi connectivity index (χ0v) is 20.2. The summed E-state index contributed by atoms with van der Waals surface area (Å²) in [4.78, 5) is 36.8. The first-order valence-corrected chi connectivity index (χ1v) is 11.5. The smallest absolute Gasteiger partial charge is 0.412 e. The van der Waals surface area contributed by atoms with Gasteiger partial charge in [0.25, 0.3) is 5.91 Å². The van der Waals surface area contributed by atoms with E-state index in [2.05, 4.69) is 29.2 Å². The molecule has 2 N–H and O–H groups in total. The maximum atomic E-state index is 12.9. The van der Waals surface area contributed by atoms with Crippen molar-refractivity contribution in [2.24, 2.45) is 5.92 Å². The van der Waals surface area contributed by atoms with Crippen LogP contribution in [0.25, 0.3) is 11.1 Å². The number of ether oxygens (including phenoxy) is 2. The second-order valence-electron chi connectivity index (χ2n) is 8.40. The van der Waals surface area contributed by atoms with Crippen LogP contribution < -0.4 is 15.4 Å². The van der Waals surface area contributed by atoms with Gasteiger partial charge in [-0.2, -0.15) is 0 Å². The van der Waals surface area contributed by atoms with Crippen LogP contribution in [-0.2, 0) is 11.3 Å². The standard InChI is InChI=1S/C28H30N2O5/c1-19(2)16-17-29-26(31)25-11-7-6-10-24(25)23-9-5-4-8-21(23)18-30-28(33)35-22-14-12-20(13-15-22)27(32)34-3/h4-15,19H,16-18H2,1-3H3,(H,29,31)(H,30,33). The lowest BCUT2D eigenvalue weighted by Gasteiger charge is -2.15. The molecule has 0 saturated carbocycles. The minimum absolute atomic E-state index is 0.126. The Balaban J connectivity index is 1.69. The van der Waals surface area contributed by atoms with Crippen molar-refractivity contribution in [1.29, 1.82) is 0 Å². The third-order valence-corrected chi connectivity index (χ3v) is 5.40. The van der Waals surface area contributed by atoms with Gasteiger partial charge in [-0.3, -0.25) is 4.79 Å². The van der Waals surface area contributed by atoms with Gasteiger partial charge in [0, 0.05) is 18.7 Å². The summed E-state index contributed by atoms with van der Waals surface area (Å²) in [6.07, 6.45) is 0.271. The predicted octanol–water partition coefficient (Wildman–Crippen LogP) is 5.20. The SMILES string of the molecule is COC(=O)c1ccc(OC(=O)NCc2ccccc2-c2ccccc2C(=O)NCCC(C)C)cc1. The van der Waals surface area contributed by atoms with E-state index in [1.165, 1.54) is 31.4 Å². The van der Waals surface area contributed by atoms with Crippen LogP contribution in [0.5, 0.6) is 5.75 Å². The molecule has 7 heteroatoms. The number of rotatable bonds is 9. The van der Waals surface area contributed by atoms with Crippen LogP contribution in [0.3, 0.4) is 0 Å². The molecular formula is C28H30N2O5. The summed E-state index contributed by atoms with van der Waals surface area (Å²) in [5.41, 5.74) is 3.43. The zero-order chi connectivity index (χ0) is 25.2. The van der Waals surface area contributed by atoms with Crippen molar-refractivity contribution in [2.45, 2.75) is 26.8 Å². The molecule has 0 aliphatic heterocycles. The highest BCUT2D eigenvalue weighted by atomic mass is 16.6. The normalized spacial score (nSPS) is 10.5. The highest BCUT2D eigenvalue weighted by molar-refractivity contribution is 6.01. The first-order chi connectivity index (χ1) is 16.9. The molecule has 0 heterocycles. The van der Waals surface area contributed by atoms with Gasteiger partial charge in [-0.25, -0.2) is 9.59 Å². The molecular weight excluding hydrogens is 444 g/mol. The highest BCUT2D eigenvalue weighted by Crippen LogP contribution is 2.27. The lowest BCUT2D eigenvalue weighted by Crippen LogP contribution is -2.27. The van der Waals surface area contributed by atoms with E-state index in [1.54, 1.807) is 6.07 Å². The van der Waals surface area contributed by atoms with Crippen molar-refractivity contribution >= 4 is 18.0 Å². The second-order valence-corrected chi connectivity index (χ2v) is 8.40. The fourth-order valence-electron chi connectivity index (χ4n) is 3.51. The van der Waals surface area contributed by atoms with Gasteiger partial charge in [0.1, 0.15) is 5.75 Å². The summed E-state index contributed by atoms with van der Waals surface area (Å²) in [5.74, 6) is 0.208. The first-order valence-electron chi connectivity index (χ1n) is 11.5. The number of nitrogens with one attached hydrogen (secondary N) is 2. The van der Waals surface area contributed by atoms with Crippen molar-refractivity contribution in [2.75, 3.05) is 13.7 Å². The lowest BCUT2D eigenvalue weighted by molar-refractivity contribution is 0.0600. The molecule has 35 heavy (non-hydrogen) atoms. The fourth-order valence-corrected chi connectivity index (χ4v) is 3.51. The van der Waals surface area contributed by atoms with Crippen LogP contribution in [0.1, 0.15) is 46.5 Å². The predicted molar refractivity (Wildman–Crippen MR) is 134 cm³/mol. The van der Waals surface area contributed by atoms with Gasteiger partial charge in [0.2, 0.25) is 0 Å². The average molecular weight is 475 g/mol. The molecule has 3 aromatic rings. The summed E-state index contributed by atoms with van der Waals surface area (Å²) < 4.78 is 9.97. The molecule has 3 rings (SSSR count). The minimum atomic E-state index is -0.634. The van der Waals surface area contributed by atoms with E-state index < -0.39 is 12.1 Å². The Morgan fingerprint density at radius 2 is 1.49 bits per heavy atom. The van der Waals surface area contributed by atoms with E-state index in [1.807, 2.05) is 42.5 Å². The van der Waals surface area contributed by atoms with Crippen LogP contribution in [0.4, 0.5) is 4.79 Å². The quantitative estimate of drug-likeness (QED) is 0.416. The fraction of sp³-hybridized carbons (Fsp3) is 0.250. The minimum Gasteiger partial charge on any atom is -0.465 e. The van der Waals surface area contributed by atoms with Crippen molar-refractivity contribution in [3.8, 4) is 16.9 Å². The molecule has 0 aromatic heterocycles. The van der Waals surface area contributed by atoms with Gasteiger partial charge >= 0.3 is 12.1 Å². The molecule has 0 fully saturated rings. The van der Waals surface area contributed by atoms with Crippen molar-refractivity contribution in [3.63, 3.8) is 0 Å². The summed E-state index contributed by atoms with van der Waals surface area (Å²) >= 11 is 0. The van der Waals surface area contributed by atoms with Gasteiger partial charge in [-0.1, -0.05) is 56.3 Å². The van der Waals surface area contributed by atoms with Crippen LogP contribution >= 0.6 is 0 Å². The first kappa shape index (κ1) is 25.5. The molecule has 0 unspecified atom stereocenters. The van der Waals surface area contributed by atoms with Gasteiger partial charge in [-0.05, 0) is 59.4 Å². The Bertz CT molecular complexity index is 1170. The molecule has 0 bridgehead atoms. The summed E-state index contributed by atoms with van der Waals surface area (Å²) in [7, 11) is 1.30. The number of esters is 1. The van der Waals surface area contributed by atoms with Crippen molar-refractivity contribution < 1.29 is 23.9 Å². The molecule has 0 aliphatic rings. The van der Waals surface area contributed by atoms with E-state index in [9.17, 15) is 14.4 Å². The zero-order valence-electron chi connectivity index (χ0n) is 20.2. The summed E-state index contributed by atoms with van der Waals surface area (Å²) in [6.45, 7) is 5.05. The van der Waals surface area contributed by atoms with E-state index >= 15 is 0 Å². The topological polar surface area (TPSA) is 93.7 Å². The second kappa shape index (κ2) is 12.4. The Kier molecular flexibility index (Phi) is 9.01. The Morgan fingerprint density at radius 1 is 0.829 bits per heavy atom. The number of amides is 2. The van der Waals surface area contributed by atoms with Crippen LogP contribution in [0, 0.1) is 5.92 Å². The van der Waals surface area contributed by atoms with Crippen molar-refractivity contribution in [1.82, 2.24) is 10.6 Å². The molecule has 7 nitrogen and oxygen atoms in total. The number of benzene rings is 3. The van der Waals surface area contributed by atoms with Gasteiger partial charge in [-0.15, -0.1) is 0 Å². The maximum absolute atomic E-state index is 12.9. The Hall–Kier alpha value is -4.13. The van der Waals surface area contributed by atoms with Crippen LogP contribution in [-0.4, -0.2) is 31.6 Å². The van der Waals surface area contributed by atoms with Crippen LogP contribution in [0.15, 0.2) is 72.8 Å². The summed E-state index contributed by atoms with van der Waals surface area (Å²) in [6, 6.07) is 21.1. The monoisotopic (exact) mass is 474 g/mol. The van der Waals surface area contributed by atoms with E-state index in [0.717, 1.165) is 23.1 Å². The Labute approximate surface area is 205 Å². The molecule has 0 saturated heterocycles. The molecule has 2 amide bonds. The number of carbonyl (C=O) groups is 3. The molecule has 0 radical (unpaired) electrons. The lowest BCUT2D eigenvalue weighted by atomic mass is 9.95. The number of methoxy groups -OCH3 is 1. The molecule has 0 spiro atoms. The number of hydrogen-bond acceptors (Lipinski definition) is 5. The summed E-state index contributed by atoms with van der Waals surface area (Å²) in [5, 5.41) is 5.74. The van der Waals surface area contributed by atoms with E-state index in [-0.39, 0.29) is 12.5 Å². The Morgan fingerprint density at radius 3 is 2.17 bits per heavy atom. The average Bonchev–Trinajstić information content (AvgIpc) is 2.87. The van der Waals surface area contributed by atoms with Crippen LogP contribution in [0.2, 0.25) is 0 Å². The molecule has 0 aliphatic carbocycles. The van der Waals surface area contributed by atoms with Gasteiger partial charge in [0.05, 0.1) is 12.7 Å².